The number of carbonyl (C=O) groups excluding carboxylic acids is 1. The van der Waals surface area contributed by atoms with Crippen LogP contribution in [0.3, 0.4) is 0 Å². The maximum Gasteiger partial charge on any atom is 0.150 e. The second-order valence-corrected chi connectivity index (χ2v) is 4.19. The van der Waals surface area contributed by atoms with Crippen LogP contribution in [0.4, 0.5) is 0 Å². The molecule has 18 heavy (non-hydrogen) atoms. The Bertz CT molecular complexity index is 515. The SMILES string of the molecule is CCCc1ccc(Oc2cccc(C=O)c2)cc1. The zero-order valence-corrected chi connectivity index (χ0v) is 10.4. The van der Waals surface area contributed by atoms with Crippen molar-refractivity contribution in [2.24, 2.45) is 0 Å². The standard InChI is InChI=1S/C16H16O2/c1-2-4-13-7-9-15(10-8-13)18-16-6-3-5-14(11-16)12-17/h3,5-12H,2,4H2,1H3. The molecular weight excluding hydrogens is 224 g/mol. The summed E-state index contributed by atoms with van der Waals surface area (Å²) in [5.41, 5.74) is 1.93. The van der Waals surface area contributed by atoms with Crippen LogP contribution in [0.15, 0.2) is 48.5 Å². The van der Waals surface area contributed by atoms with Gasteiger partial charge >= 0.3 is 0 Å². The van der Waals surface area contributed by atoms with Crippen molar-refractivity contribution in [2.75, 3.05) is 0 Å². The van der Waals surface area contributed by atoms with Crippen LogP contribution in [-0.2, 0) is 6.42 Å². The molecule has 2 nitrogen and oxygen atoms in total. The quantitative estimate of drug-likeness (QED) is 0.730. The highest BCUT2D eigenvalue weighted by Crippen LogP contribution is 2.22. The predicted octanol–water partition coefficient (Wildman–Crippen LogP) is 4.24. The Morgan fingerprint density at radius 3 is 2.50 bits per heavy atom. The van der Waals surface area contributed by atoms with Crippen LogP contribution in [0, 0.1) is 0 Å². The summed E-state index contributed by atoms with van der Waals surface area (Å²) in [7, 11) is 0. The van der Waals surface area contributed by atoms with Gasteiger partial charge in [0.1, 0.15) is 17.8 Å². The van der Waals surface area contributed by atoms with Gasteiger partial charge in [-0.05, 0) is 36.2 Å². The molecule has 2 heteroatoms. The third kappa shape index (κ3) is 3.20. The van der Waals surface area contributed by atoms with Gasteiger partial charge in [0.05, 0.1) is 0 Å². The topological polar surface area (TPSA) is 26.3 Å². The Balaban J connectivity index is 2.10. The van der Waals surface area contributed by atoms with Gasteiger partial charge in [0.15, 0.2) is 0 Å². The van der Waals surface area contributed by atoms with Crippen LogP contribution in [-0.4, -0.2) is 6.29 Å². The van der Waals surface area contributed by atoms with Gasteiger partial charge in [-0.3, -0.25) is 4.79 Å². The van der Waals surface area contributed by atoms with Crippen molar-refractivity contribution in [3.63, 3.8) is 0 Å². The van der Waals surface area contributed by atoms with Crippen LogP contribution in [0.2, 0.25) is 0 Å². The van der Waals surface area contributed by atoms with E-state index < -0.39 is 0 Å². The van der Waals surface area contributed by atoms with Crippen LogP contribution in [0.1, 0.15) is 29.3 Å². The molecule has 0 N–H and O–H groups in total. The molecule has 2 rings (SSSR count). The van der Waals surface area contributed by atoms with Crippen molar-refractivity contribution in [1.29, 1.82) is 0 Å². The summed E-state index contributed by atoms with van der Waals surface area (Å²) in [4.78, 5) is 10.7. The van der Waals surface area contributed by atoms with E-state index in [2.05, 4.69) is 19.1 Å². The molecule has 0 bridgehead atoms. The van der Waals surface area contributed by atoms with Crippen molar-refractivity contribution in [1.82, 2.24) is 0 Å². The first-order valence-electron chi connectivity index (χ1n) is 6.14. The fourth-order valence-electron chi connectivity index (χ4n) is 1.80. The number of aldehydes is 1. The molecule has 0 heterocycles. The molecule has 0 atom stereocenters. The molecule has 0 amide bonds. The minimum Gasteiger partial charge on any atom is -0.457 e. The van der Waals surface area contributed by atoms with Crippen LogP contribution in [0.25, 0.3) is 0 Å². The Hall–Kier alpha value is -2.09. The predicted molar refractivity (Wildman–Crippen MR) is 72.3 cm³/mol. The van der Waals surface area contributed by atoms with Gasteiger partial charge in [-0.1, -0.05) is 37.6 Å². The average Bonchev–Trinajstić information content (AvgIpc) is 2.42. The molecule has 0 saturated heterocycles. The van der Waals surface area contributed by atoms with Crippen molar-refractivity contribution in [2.45, 2.75) is 19.8 Å². The van der Waals surface area contributed by atoms with Crippen molar-refractivity contribution in [3.05, 3.63) is 59.7 Å². The lowest BCUT2D eigenvalue weighted by molar-refractivity contribution is 0.112. The lowest BCUT2D eigenvalue weighted by atomic mass is 10.1. The Morgan fingerprint density at radius 2 is 1.83 bits per heavy atom. The molecule has 0 aliphatic heterocycles. The van der Waals surface area contributed by atoms with Crippen molar-refractivity contribution >= 4 is 6.29 Å². The summed E-state index contributed by atoms with van der Waals surface area (Å²) in [5.74, 6) is 1.47. The van der Waals surface area contributed by atoms with E-state index in [1.807, 2.05) is 24.3 Å². The van der Waals surface area contributed by atoms with E-state index in [0.717, 1.165) is 24.9 Å². The number of carbonyl (C=O) groups is 1. The molecule has 0 aromatic heterocycles. The molecular formula is C16H16O2. The molecule has 0 aliphatic carbocycles. The Labute approximate surface area is 107 Å². The molecule has 0 aliphatic rings. The first kappa shape index (κ1) is 12.4. The van der Waals surface area contributed by atoms with Crippen molar-refractivity contribution < 1.29 is 9.53 Å². The Kier molecular flexibility index (Phi) is 4.13. The zero-order valence-electron chi connectivity index (χ0n) is 10.4. The Morgan fingerprint density at radius 1 is 1.06 bits per heavy atom. The highest BCUT2D eigenvalue weighted by Gasteiger charge is 1.99. The van der Waals surface area contributed by atoms with Gasteiger partial charge in [0, 0.05) is 5.56 Å². The van der Waals surface area contributed by atoms with Gasteiger partial charge in [0.25, 0.3) is 0 Å². The summed E-state index contributed by atoms with van der Waals surface area (Å²) in [6, 6.07) is 15.2. The van der Waals surface area contributed by atoms with E-state index in [0.29, 0.717) is 11.3 Å². The van der Waals surface area contributed by atoms with E-state index in [9.17, 15) is 4.79 Å². The molecule has 0 spiro atoms. The maximum atomic E-state index is 10.7. The highest BCUT2D eigenvalue weighted by atomic mass is 16.5. The average molecular weight is 240 g/mol. The van der Waals surface area contributed by atoms with Gasteiger partial charge in [0.2, 0.25) is 0 Å². The number of aryl methyl sites for hydroxylation is 1. The molecule has 92 valence electrons. The number of benzene rings is 2. The monoisotopic (exact) mass is 240 g/mol. The fourth-order valence-corrected chi connectivity index (χ4v) is 1.80. The van der Waals surface area contributed by atoms with Gasteiger partial charge < -0.3 is 4.74 Å². The second kappa shape index (κ2) is 6.01. The lowest BCUT2D eigenvalue weighted by Crippen LogP contribution is -1.87. The lowest BCUT2D eigenvalue weighted by Gasteiger charge is -2.07. The minimum atomic E-state index is 0.620. The molecule has 0 unspecified atom stereocenters. The van der Waals surface area contributed by atoms with E-state index in [-0.39, 0.29) is 0 Å². The van der Waals surface area contributed by atoms with E-state index in [1.165, 1.54) is 5.56 Å². The minimum absolute atomic E-state index is 0.620. The number of hydrogen-bond donors (Lipinski definition) is 0. The number of rotatable bonds is 5. The molecule has 2 aromatic rings. The third-order valence-electron chi connectivity index (χ3n) is 2.69. The summed E-state index contributed by atoms with van der Waals surface area (Å²) < 4.78 is 5.70. The molecule has 0 radical (unpaired) electrons. The summed E-state index contributed by atoms with van der Waals surface area (Å²) in [6.45, 7) is 2.16. The maximum absolute atomic E-state index is 10.7. The van der Waals surface area contributed by atoms with E-state index >= 15 is 0 Å². The summed E-state index contributed by atoms with van der Waals surface area (Å²) >= 11 is 0. The normalized spacial score (nSPS) is 10.1. The number of hydrogen-bond acceptors (Lipinski definition) is 2. The molecule has 0 fully saturated rings. The molecule has 2 aromatic carbocycles. The summed E-state index contributed by atoms with van der Waals surface area (Å²) in [6.07, 6.45) is 3.04. The van der Waals surface area contributed by atoms with E-state index in [4.69, 9.17) is 4.74 Å². The van der Waals surface area contributed by atoms with Crippen LogP contribution in [0.5, 0.6) is 11.5 Å². The largest absolute Gasteiger partial charge is 0.457 e. The number of ether oxygens (including phenoxy) is 1. The first-order chi connectivity index (χ1) is 8.81. The van der Waals surface area contributed by atoms with Gasteiger partial charge in [-0.25, -0.2) is 0 Å². The fraction of sp³-hybridized carbons (Fsp3) is 0.188. The second-order valence-electron chi connectivity index (χ2n) is 4.19. The summed E-state index contributed by atoms with van der Waals surface area (Å²) in [5, 5.41) is 0. The smallest absolute Gasteiger partial charge is 0.150 e. The van der Waals surface area contributed by atoms with Crippen LogP contribution >= 0.6 is 0 Å². The van der Waals surface area contributed by atoms with Gasteiger partial charge in [-0.2, -0.15) is 0 Å². The van der Waals surface area contributed by atoms with E-state index in [1.54, 1.807) is 12.1 Å². The highest BCUT2D eigenvalue weighted by molar-refractivity contribution is 5.75. The zero-order chi connectivity index (χ0) is 12.8. The van der Waals surface area contributed by atoms with Gasteiger partial charge in [-0.15, -0.1) is 0 Å². The van der Waals surface area contributed by atoms with Crippen molar-refractivity contribution in [3.8, 4) is 11.5 Å². The molecule has 0 saturated carbocycles. The third-order valence-corrected chi connectivity index (χ3v) is 2.69. The van der Waals surface area contributed by atoms with Crippen LogP contribution < -0.4 is 4.74 Å². The first-order valence-corrected chi connectivity index (χ1v) is 6.14.